The topological polar surface area (TPSA) is 156 Å². The van der Waals surface area contributed by atoms with Gasteiger partial charge in [0.15, 0.2) is 5.65 Å². The third kappa shape index (κ3) is 6.17. The fourth-order valence-corrected chi connectivity index (χ4v) is 4.64. The van der Waals surface area contributed by atoms with Crippen molar-refractivity contribution >= 4 is 17.6 Å². The fourth-order valence-electron chi connectivity index (χ4n) is 4.64. The average Bonchev–Trinajstić information content (AvgIpc) is 3.46. The molecule has 0 radical (unpaired) electrons. The van der Waals surface area contributed by atoms with Crippen LogP contribution in [0.5, 0.6) is 0 Å². The van der Waals surface area contributed by atoms with Crippen LogP contribution in [0, 0.1) is 10.8 Å². The second-order valence-electron chi connectivity index (χ2n) is 9.41. The molecule has 0 aromatic carbocycles. The molecule has 3 heterocycles. The van der Waals surface area contributed by atoms with Crippen molar-refractivity contribution in [3.8, 4) is 0 Å². The molecule has 2 aromatic rings. The lowest BCUT2D eigenvalue weighted by Gasteiger charge is -2.33. The maximum absolute atomic E-state index is 13.8. The fraction of sp³-hybridized carbons (Fsp3) is 0.545. The zero-order valence-electron chi connectivity index (χ0n) is 20.5. The molecule has 2 aromatic heterocycles. The molecule has 1 saturated carbocycles. The highest BCUT2D eigenvalue weighted by molar-refractivity contribution is 5.93. The number of halogens is 5. The minimum absolute atomic E-state index is 0.0439. The summed E-state index contributed by atoms with van der Waals surface area (Å²) in [5, 5.41) is 11.3. The molecule has 3 amide bonds. The van der Waals surface area contributed by atoms with Crippen LogP contribution >= 0.6 is 0 Å². The lowest BCUT2D eigenvalue weighted by molar-refractivity contribution is -0.149. The molecule has 2 atom stereocenters. The number of amides is 3. The zero-order valence-corrected chi connectivity index (χ0v) is 20.5. The van der Waals surface area contributed by atoms with E-state index in [2.05, 4.69) is 20.6 Å². The van der Waals surface area contributed by atoms with E-state index in [1.807, 2.05) is 5.32 Å². The van der Waals surface area contributed by atoms with Crippen LogP contribution in [0.15, 0.2) is 35.2 Å². The van der Waals surface area contributed by atoms with E-state index in [1.165, 1.54) is 23.0 Å². The van der Waals surface area contributed by atoms with Crippen molar-refractivity contribution in [2.24, 2.45) is 16.8 Å². The Labute approximate surface area is 217 Å². The van der Waals surface area contributed by atoms with Crippen LogP contribution < -0.4 is 16.4 Å². The van der Waals surface area contributed by atoms with E-state index in [1.54, 1.807) is 0 Å². The predicted molar refractivity (Wildman–Crippen MR) is 124 cm³/mol. The number of carbonyl (C=O) groups excluding carboxylic acids is 2. The number of nitrogens with two attached hydrogens (primary N) is 1. The Kier molecular flexibility index (Phi) is 7.61. The zero-order chi connectivity index (χ0) is 28.5. The standard InChI is InChI=1S/C22H25F5N8O4/c1-39-18(28)17(33-38)19(36)32-16(12-2-4-21(23,24)5-3-12)13-9-35-15(30-13)6-11(7-29-35)8-34-10-14(22(25,26)27)31-20(34)37/h6-7,9,12,14,16H,2-5,8,10,28H2,1H3,(H,31,37)(H,32,36)/b18-17+/t14-,16-/m0/s1. The molecule has 0 bridgehead atoms. The van der Waals surface area contributed by atoms with E-state index in [0.717, 1.165) is 12.0 Å². The summed E-state index contributed by atoms with van der Waals surface area (Å²) >= 11 is 0. The second kappa shape index (κ2) is 10.6. The molecule has 4 rings (SSSR count). The molecule has 212 valence electrons. The van der Waals surface area contributed by atoms with E-state index in [9.17, 15) is 36.4 Å². The van der Waals surface area contributed by atoms with Gasteiger partial charge in [0.25, 0.3) is 5.91 Å². The lowest BCUT2D eigenvalue weighted by Crippen LogP contribution is -2.40. The third-order valence-corrected chi connectivity index (χ3v) is 6.75. The van der Waals surface area contributed by atoms with Gasteiger partial charge in [-0.3, -0.25) is 4.79 Å². The summed E-state index contributed by atoms with van der Waals surface area (Å²) in [7, 11) is 1.13. The van der Waals surface area contributed by atoms with E-state index in [0.29, 0.717) is 5.56 Å². The molecule has 2 aliphatic rings. The highest BCUT2D eigenvalue weighted by Crippen LogP contribution is 2.41. The van der Waals surface area contributed by atoms with Gasteiger partial charge in [0.2, 0.25) is 17.5 Å². The Hall–Kier alpha value is -4.05. The molecule has 1 saturated heterocycles. The maximum atomic E-state index is 13.8. The first-order valence-corrected chi connectivity index (χ1v) is 11.8. The van der Waals surface area contributed by atoms with Gasteiger partial charge >= 0.3 is 12.2 Å². The summed E-state index contributed by atoms with van der Waals surface area (Å²) in [6.07, 6.45) is -2.52. The van der Waals surface area contributed by atoms with Crippen molar-refractivity contribution < 1.29 is 36.3 Å². The second-order valence-corrected chi connectivity index (χ2v) is 9.41. The Morgan fingerprint density at radius 1 is 1.36 bits per heavy atom. The molecular formula is C22H25F5N8O4. The minimum Gasteiger partial charge on any atom is -0.481 e. The molecule has 4 N–H and O–H groups in total. The number of urea groups is 1. The van der Waals surface area contributed by atoms with Gasteiger partial charge in [-0.25, -0.2) is 23.1 Å². The highest BCUT2D eigenvalue weighted by atomic mass is 19.4. The van der Waals surface area contributed by atoms with Crippen LogP contribution in [0.3, 0.4) is 0 Å². The third-order valence-electron chi connectivity index (χ3n) is 6.75. The summed E-state index contributed by atoms with van der Waals surface area (Å²) < 4.78 is 72.6. The molecular weight excluding hydrogens is 535 g/mol. The monoisotopic (exact) mass is 560 g/mol. The molecule has 2 fully saturated rings. The molecule has 12 nitrogen and oxygen atoms in total. The van der Waals surface area contributed by atoms with Gasteiger partial charge in [-0.1, -0.05) is 0 Å². The summed E-state index contributed by atoms with van der Waals surface area (Å²) in [5.74, 6) is -4.85. The molecule has 0 spiro atoms. The van der Waals surface area contributed by atoms with Crippen LogP contribution in [0.4, 0.5) is 26.7 Å². The van der Waals surface area contributed by atoms with Crippen molar-refractivity contribution in [3.05, 3.63) is 46.2 Å². The minimum atomic E-state index is -4.59. The number of alkyl halides is 5. The van der Waals surface area contributed by atoms with Gasteiger partial charge in [-0.05, 0) is 35.6 Å². The maximum Gasteiger partial charge on any atom is 0.410 e. The highest BCUT2D eigenvalue weighted by Gasteiger charge is 2.47. The van der Waals surface area contributed by atoms with Gasteiger partial charge in [-0.15, -0.1) is 4.91 Å². The summed E-state index contributed by atoms with van der Waals surface area (Å²) in [4.78, 5) is 41.4. The quantitative estimate of drug-likeness (QED) is 0.194. The number of hydrogen-bond acceptors (Lipinski definition) is 8. The number of methoxy groups -OCH3 is 1. The Bertz CT molecular complexity index is 1290. The van der Waals surface area contributed by atoms with E-state index in [4.69, 9.17) is 10.5 Å². The largest absolute Gasteiger partial charge is 0.481 e. The number of fused-ring (bicyclic) bond motifs is 1. The molecule has 17 heteroatoms. The Morgan fingerprint density at radius 2 is 2.05 bits per heavy atom. The lowest BCUT2D eigenvalue weighted by atomic mass is 9.81. The summed E-state index contributed by atoms with van der Waals surface area (Å²) in [6.45, 7) is -0.740. The Morgan fingerprint density at radius 3 is 2.64 bits per heavy atom. The van der Waals surface area contributed by atoms with Crippen LogP contribution in [0.25, 0.3) is 5.65 Å². The first-order valence-electron chi connectivity index (χ1n) is 11.8. The number of nitrogens with one attached hydrogen (secondary N) is 2. The van der Waals surface area contributed by atoms with E-state index in [-0.39, 0.29) is 30.7 Å². The van der Waals surface area contributed by atoms with Crippen molar-refractivity contribution in [1.82, 2.24) is 30.1 Å². The van der Waals surface area contributed by atoms with Gasteiger partial charge in [-0.2, -0.15) is 18.3 Å². The van der Waals surface area contributed by atoms with Gasteiger partial charge in [0.05, 0.1) is 37.8 Å². The number of hydrogen-bond donors (Lipinski definition) is 3. The van der Waals surface area contributed by atoms with Crippen molar-refractivity contribution in [3.63, 3.8) is 0 Å². The van der Waals surface area contributed by atoms with Crippen molar-refractivity contribution in [2.45, 2.75) is 56.4 Å². The number of nitrogens with zero attached hydrogens (tertiary/aromatic N) is 5. The molecule has 1 aliphatic carbocycles. The summed E-state index contributed by atoms with van der Waals surface area (Å²) in [6, 6.07) is -2.29. The molecule has 0 unspecified atom stereocenters. The Balaban J connectivity index is 1.59. The smallest absolute Gasteiger partial charge is 0.410 e. The van der Waals surface area contributed by atoms with E-state index >= 15 is 0 Å². The van der Waals surface area contributed by atoms with Crippen LogP contribution in [0.2, 0.25) is 0 Å². The number of imidazole rings is 1. The number of rotatable bonds is 8. The first kappa shape index (κ1) is 28.0. The number of carbonyl (C=O) groups is 2. The van der Waals surface area contributed by atoms with Crippen LogP contribution in [0.1, 0.15) is 43.0 Å². The first-order chi connectivity index (χ1) is 18.3. The number of nitroso groups, excluding NO2 is 1. The number of ether oxygens (including phenoxy) is 1. The number of aromatic nitrogens is 3. The van der Waals surface area contributed by atoms with Crippen LogP contribution in [-0.4, -0.2) is 63.2 Å². The molecule has 1 aliphatic heterocycles. The van der Waals surface area contributed by atoms with Gasteiger partial charge < -0.3 is 26.0 Å². The SMILES string of the molecule is CO/C(N)=C(/N=O)C(=O)N[C@H](c1cn2ncc(CN3C[C@@H](C(F)(F)F)NC3=O)cc2n1)C1CCC(F)(F)CC1. The van der Waals surface area contributed by atoms with Gasteiger partial charge in [0.1, 0.15) is 6.04 Å². The summed E-state index contributed by atoms with van der Waals surface area (Å²) in [5.41, 5.74) is 5.65. The van der Waals surface area contributed by atoms with E-state index < -0.39 is 73.0 Å². The van der Waals surface area contributed by atoms with Crippen molar-refractivity contribution in [1.29, 1.82) is 0 Å². The van der Waals surface area contributed by atoms with Crippen molar-refractivity contribution in [2.75, 3.05) is 13.7 Å². The molecule has 39 heavy (non-hydrogen) atoms. The predicted octanol–water partition coefficient (Wildman–Crippen LogP) is 2.71. The van der Waals surface area contributed by atoms with Gasteiger partial charge in [0, 0.05) is 19.4 Å². The normalized spacial score (nSPS) is 21.3. The average molecular weight is 560 g/mol. The van der Waals surface area contributed by atoms with Crippen LogP contribution in [-0.2, 0) is 16.1 Å².